The van der Waals surface area contributed by atoms with Crippen LogP contribution in [0.25, 0.3) is 11.0 Å². The molecule has 7 heteroatoms. The van der Waals surface area contributed by atoms with Crippen molar-refractivity contribution in [1.82, 2.24) is 19.7 Å². The summed E-state index contributed by atoms with van der Waals surface area (Å²) in [6.07, 6.45) is 1.95. The number of aromatic nitrogens is 4. The minimum atomic E-state index is 0.331. The van der Waals surface area contributed by atoms with Crippen molar-refractivity contribution in [1.29, 1.82) is 0 Å². The Morgan fingerprint density at radius 1 is 1.32 bits per heavy atom. The lowest BCUT2D eigenvalue weighted by Gasteiger charge is -2.06. The Bertz CT molecular complexity index is 693. The molecule has 5 nitrogen and oxygen atoms in total. The maximum atomic E-state index is 6.24. The molecule has 2 aromatic heterocycles. The molecule has 2 heterocycles. The molecule has 0 N–H and O–H groups in total. The Morgan fingerprint density at radius 2 is 2.21 bits per heavy atom. The Morgan fingerprint density at radius 3 is 2.95 bits per heavy atom. The molecule has 3 aromatic rings. The van der Waals surface area contributed by atoms with E-state index in [-0.39, 0.29) is 0 Å². The van der Waals surface area contributed by atoms with E-state index in [1.807, 2.05) is 22.8 Å². The first-order valence-electron chi connectivity index (χ1n) is 5.74. The fourth-order valence-corrected chi connectivity index (χ4v) is 2.52. The van der Waals surface area contributed by atoms with E-state index in [4.69, 9.17) is 27.7 Å². The number of imidazole rings is 1. The van der Waals surface area contributed by atoms with Crippen molar-refractivity contribution in [3.8, 4) is 0 Å². The van der Waals surface area contributed by atoms with Gasteiger partial charge in [0.2, 0.25) is 6.39 Å². The molecule has 0 fully saturated rings. The van der Waals surface area contributed by atoms with Gasteiger partial charge < -0.3 is 9.09 Å². The van der Waals surface area contributed by atoms with Gasteiger partial charge in [-0.1, -0.05) is 22.8 Å². The Balaban J connectivity index is 2.00. The van der Waals surface area contributed by atoms with Gasteiger partial charge in [0, 0.05) is 13.0 Å². The first-order valence-corrected chi connectivity index (χ1v) is 6.65. The lowest BCUT2D eigenvalue weighted by atomic mass is 10.3. The summed E-state index contributed by atoms with van der Waals surface area (Å²) in [5.74, 6) is 1.76. The largest absolute Gasteiger partial charge is 0.343 e. The second-order valence-corrected chi connectivity index (χ2v) is 4.69. The summed E-state index contributed by atoms with van der Waals surface area (Å²) in [5, 5.41) is 4.45. The average Bonchev–Trinajstić information content (AvgIpc) is 3.03. The van der Waals surface area contributed by atoms with Crippen LogP contribution in [0.4, 0.5) is 0 Å². The molecule has 0 amide bonds. The first kappa shape index (κ1) is 12.4. The third kappa shape index (κ3) is 2.31. The average molecular weight is 297 g/mol. The highest BCUT2D eigenvalue weighted by Gasteiger charge is 2.13. The molecule has 0 aliphatic rings. The van der Waals surface area contributed by atoms with Crippen molar-refractivity contribution in [2.45, 2.75) is 18.8 Å². The van der Waals surface area contributed by atoms with E-state index in [0.29, 0.717) is 29.7 Å². The Kier molecular flexibility index (Phi) is 3.40. The van der Waals surface area contributed by atoms with Crippen molar-refractivity contribution in [2.24, 2.45) is 0 Å². The number of alkyl halides is 1. The number of rotatable bonds is 4. The second kappa shape index (κ2) is 5.19. The van der Waals surface area contributed by atoms with Crippen molar-refractivity contribution in [3.63, 3.8) is 0 Å². The van der Waals surface area contributed by atoms with Crippen LogP contribution in [0.3, 0.4) is 0 Å². The van der Waals surface area contributed by atoms with Crippen molar-refractivity contribution in [2.75, 3.05) is 0 Å². The summed E-state index contributed by atoms with van der Waals surface area (Å²) >= 11 is 12.2. The zero-order valence-corrected chi connectivity index (χ0v) is 11.4. The van der Waals surface area contributed by atoms with Gasteiger partial charge in [-0.2, -0.15) is 4.98 Å². The van der Waals surface area contributed by atoms with Crippen LogP contribution in [-0.4, -0.2) is 19.7 Å². The molecule has 19 heavy (non-hydrogen) atoms. The van der Waals surface area contributed by atoms with Crippen molar-refractivity contribution < 1.29 is 4.52 Å². The highest BCUT2D eigenvalue weighted by atomic mass is 35.5. The molecule has 0 atom stereocenters. The lowest BCUT2D eigenvalue weighted by Crippen LogP contribution is -2.06. The van der Waals surface area contributed by atoms with Crippen LogP contribution in [0, 0.1) is 0 Å². The molecular weight excluding hydrogens is 287 g/mol. The van der Waals surface area contributed by atoms with Gasteiger partial charge in [-0.25, -0.2) is 4.98 Å². The van der Waals surface area contributed by atoms with Crippen LogP contribution in [0.2, 0.25) is 5.02 Å². The number of fused-ring (bicyclic) bond motifs is 1. The third-order valence-electron chi connectivity index (χ3n) is 2.88. The predicted octanol–water partition coefficient (Wildman–Crippen LogP) is 3.05. The maximum absolute atomic E-state index is 6.24. The highest BCUT2D eigenvalue weighted by Crippen LogP contribution is 2.25. The smallest absolute Gasteiger partial charge is 0.213 e. The molecule has 0 saturated carbocycles. The molecule has 0 radical (unpaired) electrons. The van der Waals surface area contributed by atoms with Crippen LogP contribution in [-0.2, 0) is 18.8 Å². The van der Waals surface area contributed by atoms with Crippen LogP contribution in [0.1, 0.15) is 11.6 Å². The number of benzene rings is 1. The molecule has 98 valence electrons. The van der Waals surface area contributed by atoms with Gasteiger partial charge in [-0.3, -0.25) is 0 Å². The zero-order valence-electron chi connectivity index (χ0n) is 9.88. The Labute approximate surface area is 119 Å². The van der Waals surface area contributed by atoms with Gasteiger partial charge in [0.1, 0.15) is 5.82 Å². The molecule has 0 bridgehead atoms. The number of hydrogen-bond donors (Lipinski definition) is 0. The number of halogens is 2. The first-order chi connectivity index (χ1) is 9.29. The third-order valence-corrected chi connectivity index (χ3v) is 3.43. The van der Waals surface area contributed by atoms with Crippen LogP contribution < -0.4 is 0 Å². The minimum Gasteiger partial charge on any atom is -0.343 e. The van der Waals surface area contributed by atoms with Crippen LogP contribution in [0.15, 0.2) is 29.1 Å². The molecule has 0 saturated heterocycles. The molecule has 0 spiro atoms. The molecule has 0 unspecified atom stereocenters. The summed E-state index contributed by atoms with van der Waals surface area (Å²) in [6.45, 7) is 0.655. The summed E-state index contributed by atoms with van der Waals surface area (Å²) in [5.41, 5.74) is 1.74. The predicted molar refractivity (Wildman–Crippen MR) is 72.3 cm³/mol. The number of hydrogen-bond acceptors (Lipinski definition) is 4. The Hall–Kier alpha value is -1.59. The fraction of sp³-hybridized carbons (Fsp3) is 0.250. The van der Waals surface area contributed by atoms with Gasteiger partial charge in [-0.15, -0.1) is 11.6 Å². The maximum Gasteiger partial charge on any atom is 0.213 e. The van der Waals surface area contributed by atoms with Crippen molar-refractivity contribution >= 4 is 34.2 Å². The van der Waals surface area contributed by atoms with E-state index in [9.17, 15) is 0 Å². The molecule has 0 aliphatic carbocycles. The lowest BCUT2D eigenvalue weighted by molar-refractivity contribution is 0.408. The highest BCUT2D eigenvalue weighted by molar-refractivity contribution is 6.35. The zero-order chi connectivity index (χ0) is 13.2. The van der Waals surface area contributed by atoms with E-state index in [0.717, 1.165) is 16.9 Å². The molecular formula is C12H10Cl2N4O. The molecule has 1 aromatic carbocycles. The molecule has 3 rings (SSSR count). The summed E-state index contributed by atoms with van der Waals surface area (Å²) in [6, 6.07) is 5.63. The van der Waals surface area contributed by atoms with E-state index < -0.39 is 0 Å². The van der Waals surface area contributed by atoms with Crippen LogP contribution >= 0.6 is 23.2 Å². The summed E-state index contributed by atoms with van der Waals surface area (Å²) in [7, 11) is 0. The quantitative estimate of drug-likeness (QED) is 0.694. The van der Waals surface area contributed by atoms with E-state index in [2.05, 4.69) is 15.1 Å². The van der Waals surface area contributed by atoms with E-state index in [1.54, 1.807) is 0 Å². The van der Waals surface area contributed by atoms with Gasteiger partial charge in [0.05, 0.1) is 21.9 Å². The van der Waals surface area contributed by atoms with E-state index in [1.165, 1.54) is 6.39 Å². The number of aryl methyl sites for hydroxylation is 2. The normalized spacial score (nSPS) is 11.3. The second-order valence-electron chi connectivity index (χ2n) is 4.02. The van der Waals surface area contributed by atoms with Gasteiger partial charge in [0.25, 0.3) is 0 Å². The summed E-state index contributed by atoms with van der Waals surface area (Å²) < 4.78 is 6.72. The van der Waals surface area contributed by atoms with Crippen LogP contribution in [0.5, 0.6) is 0 Å². The topological polar surface area (TPSA) is 56.7 Å². The standard InChI is InChI=1S/C12H10Cl2N4O/c13-6-11-16-9-3-1-2-8(14)12(9)18(11)5-4-10-15-7-19-17-10/h1-3,7H,4-6H2. The fourth-order valence-electron chi connectivity index (χ4n) is 2.05. The van der Waals surface area contributed by atoms with Gasteiger partial charge in [-0.05, 0) is 12.1 Å². The van der Waals surface area contributed by atoms with Crippen molar-refractivity contribution in [3.05, 3.63) is 41.3 Å². The number of para-hydroxylation sites is 1. The SMILES string of the molecule is ClCc1nc2cccc(Cl)c2n1CCc1ncon1. The van der Waals surface area contributed by atoms with E-state index >= 15 is 0 Å². The minimum absolute atomic E-state index is 0.331. The van der Waals surface area contributed by atoms with Gasteiger partial charge >= 0.3 is 0 Å². The molecule has 0 aliphatic heterocycles. The van der Waals surface area contributed by atoms with Gasteiger partial charge in [0.15, 0.2) is 5.82 Å². The summed E-state index contributed by atoms with van der Waals surface area (Å²) in [4.78, 5) is 8.47. The monoisotopic (exact) mass is 296 g/mol. The number of nitrogens with zero attached hydrogens (tertiary/aromatic N) is 4.